The van der Waals surface area contributed by atoms with E-state index in [4.69, 9.17) is 4.74 Å². The first-order chi connectivity index (χ1) is 12.0. The van der Waals surface area contributed by atoms with Gasteiger partial charge in [0.05, 0.1) is 17.2 Å². The smallest absolute Gasteiger partial charge is 0.225 e. The van der Waals surface area contributed by atoms with Crippen LogP contribution >= 0.6 is 11.3 Å². The molecule has 0 radical (unpaired) electrons. The van der Waals surface area contributed by atoms with E-state index in [9.17, 15) is 9.59 Å². The van der Waals surface area contributed by atoms with E-state index in [0.717, 1.165) is 49.6 Å². The number of rotatable bonds is 3. The molecular weight excluding hydrogens is 338 g/mol. The number of hydrogen-bond donors (Lipinski definition) is 0. The number of thiazole rings is 1. The molecule has 0 aliphatic carbocycles. The molecule has 25 heavy (non-hydrogen) atoms. The Kier molecular flexibility index (Phi) is 4.54. The van der Waals surface area contributed by atoms with Crippen LogP contribution in [0.1, 0.15) is 36.4 Å². The molecule has 136 valence electrons. The largest absolute Gasteiger partial charge is 0.381 e. The van der Waals surface area contributed by atoms with E-state index in [-0.39, 0.29) is 23.1 Å². The van der Waals surface area contributed by atoms with Crippen molar-refractivity contribution in [3.63, 3.8) is 0 Å². The molecule has 4 heterocycles. The number of amides is 2. The monoisotopic (exact) mass is 363 g/mol. The van der Waals surface area contributed by atoms with E-state index in [2.05, 4.69) is 4.98 Å². The quantitative estimate of drug-likeness (QED) is 0.822. The van der Waals surface area contributed by atoms with Gasteiger partial charge in [0.2, 0.25) is 11.8 Å². The lowest BCUT2D eigenvalue weighted by Gasteiger charge is -2.28. The Bertz CT molecular complexity index is 670. The first-order valence-corrected chi connectivity index (χ1v) is 9.98. The Hall–Kier alpha value is -1.47. The number of nitrogens with zero attached hydrogens (tertiary/aromatic N) is 3. The molecule has 6 nitrogen and oxygen atoms in total. The Morgan fingerprint density at radius 3 is 2.92 bits per heavy atom. The number of aromatic nitrogens is 1. The molecule has 3 aliphatic rings. The molecule has 7 heteroatoms. The van der Waals surface area contributed by atoms with Crippen LogP contribution in [0.25, 0.3) is 0 Å². The first kappa shape index (κ1) is 17.0. The molecule has 3 aliphatic heterocycles. The molecule has 1 atom stereocenters. The van der Waals surface area contributed by atoms with Crippen LogP contribution in [0.4, 0.5) is 0 Å². The lowest BCUT2D eigenvalue weighted by atomic mass is 9.86. The van der Waals surface area contributed by atoms with Crippen molar-refractivity contribution in [2.45, 2.75) is 39.2 Å². The zero-order chi connectivity index (χ0) is 17.4. The van der Waals surface area contributed by atoms with Crippen LogP contribution in [0, 0.1) is 18.3 Å². The molecule has 1 spiro atoms. The summed E-state index contributed by atoms with van der Waals surface area (Å²) in [5, 5.41) is 3.06. The number of ether oxygens (including phenoxy) is 1. The molecule has 3 saturated heterocycles. The Morgan fingerprint density at radius 1 is 1.40 bits per heavy atom. The van der Waals surface area contributed by atoms with Crippen molar-refractivity contribution < 1.29 is 14.3 Å². The van der Waals surface area contributed by atoms with Gasteiger partial charge in [0.1, 0.15) is 0 Å². The second kappa shape index (κ2) is 6.68. The van der Waals surface area contributed by atoms with Gasteiger partial charge < -0.3 is 14.5 Å². The third-order valence-electron chi connectivity index (χ3n) is 5.75. The minimum Gasteiger partial charge on any atom is -0.381 e. The third-order valence-corrected chi connectivity index (χ3v) is 6.57. The molecule has 0 aromatic carbocycles. The third kappa shape index (κ3) is 3.44. The van der Waals surface area contributed by atoms with E-state index < -0.39 is 0 Å². The summed E-state index contributed by atoms with van der Waals surface area (Å²) >= 11 is 1.62. The summed E-state index contributed by atoms with van der Waals surface area (Å²) in [7, 11) is 0. The van der Waals surface area contributed by atoms with Crippen molar-refractivity contribution in [3.05, 3.63) is 16.1 Å². The van der Waals surface area contributed by atoms with E-state index in [1.807, 2.05) is 22.1 Å². The first-order valence-electron chi connectivity index (χ1n) is 9.10. The average Bonchev–Trinajstić information content (AvgIpc) is 3.29. The van der Waals surface area contributed by atoms with Gasteiger partial charge in [0.15, 0.2) is 0 Å². The normalized spacial score (nSPS) is 27.6. The average molecular weight is 363 g/mol. The zero-order valence-electron chi connectivity index (χ0n) is 14.7. The van der Waals surface area contributed by atoms with Crippen molar-refractivity contribution >= 4 is 23.2 Å². The second-order valence-corrected chi connectivity index (χ2v) is 8.74. The second-order valence-electron chi connectivity index (χ2n) is 7.68. The number of likely N-dealkylation sites (tertiary alicyclic amines) is 2. The molecule has 4 rings (SSSR count). The summed E-state index contributed by atoms with van der Waals surface area (Å²) in [6.07, 6.45) is 3.15. The van der Waals surface area contributed by atoms with Crippen LogP contribution < -0.4 is 0 Å². The molecule has 3 fully saturated rings. The van der Waals surface area contributed by atoms with Gasteiger partial charge in [-0.15, -0.1) is 11.3 Å². The predicted molar refractivity (Wildman–Crippen MR) is 94.1 cm³/mol. The highest BCUT2D eigenvalue weighted by Crippen LogP contribution is 2.41. The summed E-state index contributed by atoms with van der Waals surface area (Å²) in [5.41, 5.74) is 0.921. The zero-order valence-corrected chi connectivity index (χ0v) is 15.5. The lowest BCUT2D eigenvalue weighted by Crippen LogP contribution is -2.39. The molecule has 1 aromatic heterocycles. The molecule has 0 bridgehead atoms. The minimum atomic E-state index is -0.0526. The van der Waals surface area contributed by atoms with Gasteiger partial charge in [0.25, 0.3) is 0 Å². The van der Waals surface area contributed by atoms with Crippen LogP contribution in [0.15, 0.2) is 5.38 Å². The highest BCUT2D eigenvalue weighted by atomic mass is 32.1. The van der Waals surface area contributed by atoms with Gasteiger partial charge in [-0.05, 0) is 26.2 Å². The summed E-state index contributed by atoms with van der Waals surface area (Å²) in [6, 6.07) is 0. The van der Waals surface area contributed by atoms with Gasteiger partial charge in [-0.3, -0.25) is 9.59 Å². The summed E-state index contributed by atoms with van der Waals surface area (Å²) < 4.78 is 5.37. The number of aryl methyl sites for hydroxylation is 1. The summed E-state index contributed by atoms with van der Waals surface area (Å²) in [4.78, 5) is 33.7. The lowest BCUT2D eigenvalue weighted by molar-refractivity contribution is -0.138. The molecule has 0 saturated carbocycles. The number of carbonyl (C=O) groups is 2. The van der Waals surface area contributed by atoms with Crippen molar-refractivity contribution in [1.29, 1.82) is 0 Å². The van der Waals surface area contributed by atoms with Crippen LogP contribution in [-0.2, 0) is 20.9 Å². The van der Waals surface area contributed by atoms with Crippen molar-refractivity contribution in [1.82, 2.24) is 14.8 Å². The molecular formula is C18H25N3O3S. The van der Waals surface area contributed by atoms with E-state index in [0.29, 0.717) is 26.2 Å². The molecule has 1 aromatic rings. The highest BCUT2D eigenvalue weighted by molar-refractivity contribution is 7.09. The Morgan fingerprint density at radius 2 is 2.20 bits per heavy atom. The topological polar surface area (TPSA) is 62.7 Å². The number of carbonyl (C=O) groups excluding carboxylic acids is 2. The fourth-order valence-corrected chi connectivity index (χ4v) is 5.01. The summed E-state index contributed by atoms with van der Waals surface area (Å²) in [6.45, 7) is 6.22. The van der Waals surface area contributed by atoms with E-state index in [1.54, 1.807) is 11.3 Å². The van der Waals surface area contributed by atoms with Crippen molar-refractivity contribution in [3.8, 4) is 0 Å². The predicted octanol–water partition coefficient (Wildman–Crippen LogP) is 1.83. The highest BCUT2D eigenvalue weighted by Gasteiger charge is 2.49. The van der Waals surface area contributed by atoms with Crippen LogP contribution in [0.3, 0.4) is 0 Å². The van der Waals surface area contributed by atoms with Gasteiger partial charge in [0, 0.05) is 56.0 Å². The Balaban J connectivity index is 1.38. The van der Waals surface area contributed by atoms with Crippen molar-refractivity contribution in [2.24, 2.45) is 11.3 Å². The number of hydrogen-bond acceptors (Lipinski definition) is 5. The maximum absolute atomic E-state index is 12.8. The van der Waals surface area contributed by atoms with Crippen LogP contribution in [0.2, 0.25) is 0 Å². The van der Waals surface area contributed by atoms with E-state index >= 15 is 0 Å². The molecule has 0 unspecified atom stereocenters. The van der Waals surface area contributed by atoms with Crippen LogP contribution in [-0.4, -0.2) is 59.4 Å². The fourth-order valence-electron chi connectivity index (χ4n) is 4.40. The fraction of sp³-hybridized carbons (Fsp3) is 0.722. The van der Waals surface area contributed by atoms with Gasteiger partial charge in [-0.1, -0.05) is 0 Å². The van der Waals surface area contributed by atoms with Gasteiger partial charge >= 0.3 is 0 Å². The maximum Gasteiger partial charge on any atom is 0.225 e. The molecule has 2 amide bonds. The van der Waals surface area contributed by atoms with Crippen molar-refractivity contribution in [2.75, 3.05) is 32.8 Å². The standard InChI is InChI=1S/C18H25N3O3S/c1-13-19-15(10-25-13)9-21-12-18(8-16(21)22)4-5-20(11-18)17(23)14-2-6-24-7-3-14/h10,14H,2-9,11-12H2,1H3/t18-/m0/s1. The Labute approximate surface area is 152 Å². The summed E-state index contributed by atoms with van der Waals surface area (Å²) in [5.74, 6) is 0.572. The van der Waals surface area contributed by atoms with E-state index in [1.165, 1.54) is 0 Å². The maximum atomic E-state index is 12.8. The SMILES string of the molecule is Cc1nc(CN2C[C@@]3(CCN(C(=O)C4CCOCC4)C3)CC2=O)cs1. The van der Waals surface area contributed by atoms with Crippen LogP contribution in [0.5, 0.6) is 0 Å². The van der Waals surface area contributed by atoms with Gasteiger partial charge in [-0.2, -0.15) is 0 Å². The molecule has 0 N–H and O–H groups in total. The van der Waals surface area contributed by atoms with Gasteiger partial charge in [-0.25, -0.2) is 4.98 Å². The minimum absolute atomic E-state index is 0.0526.